The van der Waals surface area contributed by atoms with E-state index in [0.717, 1.165) is 6.42 Å². The molecule has 0 saturated carbocycles. The molecule has 1 aromatic rings. The van der Waals surface area contributed by atoms with Crippen molar-refractivity contribution in [3.8, 4) is 5.75 Å². The van der Waals surface area contributed by atoms with E-state index < -0.39 is 23.7 Å². The maximum Gasteiger partial charge on any atom is 0.415 e. The fourth-order valence-electron chi connectivity index (χ4n) is 3.38. The average Bonchev–Trinajstić information content (AvgIpc) is 2.82. The molecule has 2 rings (SSSR count). The van der Waals surface area contributed by atoms with E-state index >= 15 is 0 Å². The van der Waals surface area contributed by atoms with Crippen molar-refractivity contribution in [3.05, 3.63) is 40.4 Å². The van der Waals surface area contributed by atoms with Gasteiger partial charge in [0.25, 0.3) is 5.91 Å². The highest BCUT2D eigenvalue weighted by molar-refractivity contribution is 8.09. The maximum absolute atomic E-state index is 13.5. The van der Waals surface area contributed by atoms with Gasteiger partial charge in [0.15, 0.2) is 5.17 Å². The largest absolute Gasteiger partial charge is 0.444 e. The third-order valence-electron chi connectivity index (χ3n) is 5.13. The summed E-state index contributed by atoms with van der Waals surface area (Å²) >= 11 is 5.96. The van der Waals surface area contributed by atoms with E-state index in [4.69, 9.17) is 21.1 Å². The van der Waals surface area contributed by atoms with Crippen molar-refractivity contribution in [2.75, 3.05) is 26.2 Å². The summed E-state index contributed by atoms with van der Waals surface area (Å²) in [7, 11) is 0. The molecule has 1 aromatic carbocycles. The Balaban J connectivity index is 2.14. The van der Waals surface area contributed by atoms with Crippen LogP contribution in [0.25, 0.3) is 0 Å². The van der Waals surface area contributed by atoms with Gasteiger partial charge in [0.2, 0.25) is 0 Å². The lowest BCUT2D eigenvalue weighted by molar-refractivity contribution is 0.0153. The summed E-state index contributed by atoms with van der Waals surface area (Å²) in [6.07, 6.45) is 3.35. The van der Waals surface area contributed by atoms with Crippen LogP contribution in [0.1, 0.15) is 57.0 Å². The number of ether oxygens (including phenoxy) is 2. The van der Waals surface area contributed by atoms with Crippen molar-refractivity contribution < 1.29 is 27.7 Å². The van der Waals surface area contributed by atoms with Crippen LogP contribution < -0.4 is 10.1 Å². The van der Waals surface area contributed by atoms with Gasteiger partial charge in [-0.15, -0.1) is 0 Å². The van der Waals surface area contributed by atoms with Gasteiger partial charge in [0, 0.05) is 31.2 Å². The van der Waals surface area contributed by atoms with E-state index in [2.05, 4.69) is 10.3 Å². The average molecular weight is 557 g/mol. The number of carbonyl (C=O) groups is 3. The molecule has 1 fully saturated rings. The summed E-state index contributed by atoms with van der Waals surface area (Å²) in [6, 6.07) is 2.54. The van der Waals surface area contributed by atoms with E-state index in [1.54, 1.807) is 46.8 Å². The Bertz CT molecular complexity index is 1050. The zero-order valence-electron chi connectivity index (χ0n) is 22.0. The number of amides is 3. The van der Waals surface area contributed by atoms with Crippen molar-refractivity contribution in [2.45, 2.75) is 59.6 Å². The highest BCUT2D eigenvalue weighted by atomic mass is 35.5. The van der Waals surface area contributed by atoms with Gasteiger partial charge < -0.3 is 19.3 Å². The van der Waals surface area contributed by atoms with Crippen molar-refractivity contribution in [2.24, 2.45) is 4.99 Å². The number of halogens is 2. The van der Waals surface area contributed by atoms with Gasteiger partial charge >= 0.3 is 12.2 Å². The number of aryl methyl sites for hydroxylation is 1. The van der Waals surface area contributed by atoms with Crippen LogP contribution in [-0.2, 0) is 4.74 Å². The molecule has 0 bridgehead atoms. The van der Waals surface area contributed by atoms with Crippen LogP contribution in [0.5, 0.6) is 5.75 Å². The number of allylic oxidation sites excluding steroid dienone is 1. The summed E-state index contributed by atoms with van der Waals surface area (Å²) in [5.41, 5.74) is -0.209. The number of hydrogen-bond acceptors (Lipinski definition) is 7. The normalized spacial score (nSPS) is 15.5. The highest BCUT2D eigenvalue weighted by Crippen LogP contribution is 2.29. The number of nitrogens with one attached hydrogen (secondary N) is 1. The predicted molar refractivity (Wildman–Crippen MR) is 144 cm³/mol. The van der Waals surface area contributed by atoms with Crippen molar-refractivity contribution in [1.29, 1.82) is 0 Å². The Morgan fingerprint density at radius 2 is 1.78 bits per heavy atom. The molecule has 1 saturated heterocycles. The number of piperazine rings is 1. The van der Waals surface area contributed by atoms with E-state index in [0.29, 0.717) is 5.56 Å². The zero-order valence-corrected chi connectivity index (χ0v) is 23.5. The molecule has 0 aromatic heterocycles. The summed E-state index contributed by atoms with van der Waals surface area (Å²) in [5, 5.41) is 2.44. The number of hydrogen-bond donors (Lipinski definition) is 1. The Kier molecular flexibility index (Phi) is 11.2. The molecule has 12 heteroatoms. The highest BCUT2D eigenvalue weighted by Gasteiger charge is 2.29. The fourth-order valence-corrected chi connectivity index (χ4v) is 3.99. The topological polar surface area (TPSA) is 101 Å². The number of benzene rings is 1. The summed E-state index contributed by atoms with van der Waals surface area (Å²) in [6.45, 7) is 11.7. The Morgan fingerprint density at radius 1 is 1.19 bits per heavy atom. The monoisotopic (exact) mass is 556 g/mol. The Morgan fingerprint density at radius 3 is 2.32 bits per heavy atom. The molecule has 1 N–H and O–H groups in total. The predicted octanol–water partition coefficient (Wildman–Crippen LogP) is 5.76. The van der Waals surface area contributed by atoms with Crippen LogP contribution in [0.2, 0.25) is 5.02 Å². The van der Waals surface area contributed by atoms with Gasteiger partial charge in [-0.3, -0.25) is 15.1 Å². The molecule has 1 atom stereocenters. The second-order valence-electron chi connectivity index (χ2n) is 9.46. The SMILES string of the molecule is CC/C=C\C(C)/N=C(/NC(=O)c1cc(Cl)cc(C)c1OC(=O)N1CCN(C(=O)OC(C)(C)C)CC1)SF. The summed E-state index contributed by atoms with van der Waals surface area (Å²) in [4.78, 5) is 45.3. The minimum atomic E-state index is -0.723. The molecule has 1 aliphatic rings. The van der Waals surface area contributed by atoms with Gasteiger partial charge in [-0.25, -0.2) is 9.59 Å². The van der Waals surface area contributed by atoms with Gasteiger partial charge in [0.1, 0.15) is 23.5 Å². The van der Waals surface area contributed by atoms with Gasteiger partial charge in [-0.05, 0) is 58.7 Å². The van der Waals surface area contributed by atoms with E-state index in [1.165, 1.54) is 15.9 Å². The van der Waals surface area contributed by atoms with Crippen molar-refractivity contribution in [3.63, 3.8) is 0 Å². The van der Waals surface area contributed by atoms with Gasteiger partial charge in [-0.2, -0.15) is 3.89 Å². The molecular weight excluding hydrogens is 523 g/mol. The minimum Gasteiger partial charge on any atom is -0.444 e. The quantitative estimate of drug-likeness (QED) is 0.281. The van der Waals surface area contributed by atoms with E-state index in [-0.39, 0.29) is 65.9 Å². The first-order valence-corrected chi connectivity index (χ1v) is 13.0. The molecule has 1 heterocycles. The molecular formula is C25H34ClFN4O5S. The van der Waals surface area contributed by atoms with Crippen molar-refractivity contribution >= 4 is 47.0 Å². The number of nitrogens with zero attached hydrogens (tertiary/aromatic N) is 3. The molecule has 0 aliphatic carbocycles. The molecule has 37 heavy (non-hydrogen) atoms. The lowest BCUT2D eigenvalue weighted by Crippen LogP contribution is -2.52. The first-order chi connectivity index (χ1) is 17.3. The molecule has 204 valence electrons. The molecule has 0 spiro atoms. The van der Waals surface area contributed by atoms with Crippen LogP contribution in [-0.4, -0.2) is 70.9 Å². The van der Waals surface area contributed by atoms with Crippen LogP contribution in [0.4, 0.5) is 13.5 Å². The van der Waals surface area contributed by atoms with Crippen LogP contribution in [0, 0.1) is 6.92 Å². The van der Waals surface area contributed by atoms with Crippen LogP contribution in [0.15, 0.2) is 29.3 Å². The Labute approximate surface area is 226 Å². The van der Waals surface area contributed by atoms with Gasteiger partial charge in [0.05, 0.1) is 11.6 Å². The van der Waals surface area contributed by atoms with Crippen LogP contribution >= 0.6 is 23.7 Å². The Hall–Kier alpha value is -2.79. The fraction of sp³-hybridized carbons (Fsp3) is 0.520. The third-order valence-corrected chi connectivity index (χ3v) is 5.70. The number of rotatable bonds is 5. The molecule has 1 aliphatic heterocycles. The number of carbonyl (C=O) groups excluding carboxylic acids is 3. The van der Waals surface area contributed by atoms with E-state index in [9.17, 15) is 18.3 Å². The summed E-state index contributed by atoms with van der Waals surface area (Å²) in [5.74, 6) is -0.720. The maximum atomic E-state index is 13.5. The molecule has 1 unspecified atom stereocenters. The minimum absolute atomic E-state index is 0.00334. The summed E-state index contributed by atoms with van der Waals surface area (Å²) < 4.78 is 24.5. The lowest BCUT2D eigenvalue weighted by Gasteiger charge is -2.35. The first kappa shape index (κ1) is 30.4. The molecule has 9 nitrogen and oxygen atoms in total. The zero-order chi connectivity index (χ0) is 27.8. The smallest absolute Gasteiger partial charge is 0.415 e. The van der Waals surface area contributed by atoms with Crippen LogP contribution in [0.3, 0.4) is 0 Å². The second-order valence-corrected chi connectivity index (χ2v) is 10.4. The van der Waals surface area contributed by atoms with Gasteiger partial charge in [-0.1, -0.05) is 30.7 Å². The van der Waals surface area contributed by atoms with E-state index in [1.807, 2.05) is 13.0 Å². The number of aliphatic imine (C=N–C) groups is 1. The molecule has 0 radical (unpaired) electrons. The third kappa shape index (κ3) is 9.55. The number of amidine groups is 1. The molecule has 3 amide bonds. The second kappa shape index (κ2) is 13.7. The first-order valence-electron chi connectivity index (χ1n) is 11.9. The standard InChI is InChI=1S/C25H34ClFN4O5S/c1-7-8-9-17(3)28-22(37-27)29-21(32)19-15-18(26)14-16(2)20(19)35-23(33)30-10-12-31(13-11-30)24(34)36-25(4,5)6/h8-9,14-15,17H,7,10-13H2,1-6H3,(H,28,29,32)/b9-8-. The van der Waals surface area contributed by atoms with Crippen molar-refractivity contribution in [1.82, 2.24) is 15.1 Å². The lowest BCUT2D eigenvalue weighted by atomic mass is 10.1.